The van der Waals surface area contributed by atoms with Crippen molar-refractivity contribution in [3.8, 4) is 11.1 Å². The zero-order valence-corrected chi connectivity index (χ0v) is 15.8. The second-order valence-corrected chi connectivity index (χ2v) is 7.72. The van der Waals surface area contributed by atoms with Gasteiger partial charge in [-0.1, -0.05) is 68.3 Å². The van der Waals surface area contributed by atoms with E-state index in [4.69, 9.17) is 0 Å². The lowest BCUT2D eigenvalue weighted by Gasteiger charge is -2.28. The SMILES string of the molecule is CCCCCc1ccc(-c2ccc(C3CCC(C(F)F)CC3)cc2)cc1. The minimum Gasteiger partial charge on any atom is -0.210 e. The van der Waals surface area contributed by atoms with Crippen LogP contribution < -0.4 is 0 Å². The Kier molecular flexibility index (Phi) is 6.82. The number of halogens is 2. The van der Waals surface area contributed by atoms with E-state index in [2.05, 4.69) is 55.5 Å². The summed E-state index contributed by atoms with van der Waals surface area (Å²) in [6, 6.07) is 17.7. The maximum Gasteiger partial charge on any atom is 0.241 e. The molecule has 0 N–H and O–H groups in total. The first-order valence-electron chi connectivity index (χ1n) is 10.1. The van der Waals surface area contributed by atoms with Gasteiger partial charge in [0.2, 0.25) is 6.43 Å². The highest BCUT2D eigenvalue weighted by Crippen LogP contribution is 2.38. The second-order valence-electron chi connectivity index (χ2n) is 7.72. The topological polar surface area (TPSA) is 0 Å². The summed E-state index contributed by atoms with van der Waals surface area (Å²) in [5.41, 5.74) is 5.19. The number of hydrogen-bond donors (Lipinski definition) is 0. The van der Waals surface area contributed by atoms with Crippen LogP contribution in [0.3, 0.4) is 0 Å². The molecule has 0 bridgehead atoms. The molecule has 1 aliphatic carbocycles. The molecule has 1 saturated carbocycles. The molecule has 0 saturated heterocycles. The van der Waals surface area contributed by atoms with Crippen molar-refractivity contribution in [2.75, 3.05) is 0 Å². The molecule has 140 valence electrons. The molecule has 0 spiro atoms. The number of aryl methyl sites for hydroxylation is 1. The summed E-state index contributed by atoms with van der Waals surface area (Å²) >= 11 is 0. The Bertz CT molecular complexity index is 650. The third-order valence-electron chi connectivity index (χ3n) is 5.87. The van der Waals surface area contributed by atoms with Crippen molar-refractivity contribution in [1.29, 1.82) is 0 Å². The second kappa shape index (κ2) is 9.30. The largest absolute Gasteiger partial charge is 0.241 e. The van der Waals surface area contributed by atoms with Crippen LogP contribution in [0.25, 0.3) is 11.1 Å². The average Bonchev–Trinajstić information content (AvgIpc) is 2.69. The molecule has 2 heteroatoms. The molecular weight excluding hydrogens is 326 g/mol. The van der Waals surface area contributed by atoms with Crippen LogP contribution in [0.5, 0.6) is 0 Å². The van der Waals surface area contributed by atoms with Gasteiger partial charge in [-0.15, -0.1) is 0 Å². The van der Waals surface area contributed by atoms with Gasteiger partial charge in [-0.3, -0.25) is 0 Å². The molecule has 2 aromatic rings. The number of benzene rings is 2. The number of rotatable bonds is 7. The van der Waals surface area contributed by atoms with Gasteiger partial charge >= 0.3 is 0 Å². The number of hydrogen-bond acceptors (Lipinski definition) is 0. The molecule has 0 nitrogen and oxygen atoms in total. The van der Waals surface area contributed by atoms with Crippen LogP contribution in [0.2, 0.25) is 0 Å². The molecule has 2 aromatic carbocycles. The quantitative estimate of drug-likeness (QED) is 0.447. The van der Waals surface area contributed by atoms with Crippen LogP contribution >= 0.6 is 0 Å². The zero-order chi connectivity index (χ0) is 18.4. The Morgan fingerprint density at radius 2 is 1.38 bits per heavy atom. The molecular formula is C24H30F2. The molecule has 0 aromatic heterocycles. The van der Waals surface area contributed by atoms with E-state index < -0.39 is 6.43 Å². The minimum atomic E-state index is -2.15. The predicted molar refractivity (Wildman–Crippen MR) is 106 cm³/mol. The van der Waals surface area contributed by atoms with Crippen molar-refractivity contribution in [2.24, 2.45) is 5.92 Å². The van der Waals surface area contributed by atoms with Crippen molar-refractivity contribution < 1.29 is 8.78 Å². The molecule has 0 aliphatic heterocycles. The van der Waals surface area contributed by atoms with Gasteiger partial charge in [0.25, 0.3) is 0 Å². The number of alkyl halides is 2. The van der Waals surface area contributed by atoms with Crippen molar-refractivity contribution in [1.82, 2.24) is 0 Å². The summed E-state index contributed by atoms with van der Waals surface area (Å²) in [4.78, 5) is 0. The lowest BCUT2D eigenvalue weighted by molar-refractivity contribution is 0.0528. The summed E-state index contributed by atoms with van der Waals surface area (Å²) in [6.45, 7) is 2.23. The van der Waals surface area contributed by atoms with Crippen LogP contribution in [0.15, 0.2) is 48.5 Å². The Balaban J connectivity index is 1.59. The highest BCUT2D eigenvalue weighted by Gasteiger charge is 2.27. The van der Waals surface area contributed by atoms with E-state index in [-0.39, 0.29) is 5.92 Å². The van der Waals surface area contributed by atoms with Crippen molar-refractivity contribution in [3.63, 3.8) is 0 Å². The Morgan fingerprint density at radius 3 is 1.92 bits per heavy atom. The van der Waals surface area contributed by atoms with E-state index in [1.165, 1.54) is 41.5 Å². The van der Waals surface area contributed by atoms with E-state index in [0.29, 0.717) is 18.8 Å². The van der Waals surface area contributed by atoms with Crippen LogP contribution in [-0.4, -0.2) is 6.43 Å². The average molecular weight is 357 g/mol. The Morgan fingerprint density at radius 1 is 0.808 bits per heavy atom. The highest BCUT2D eigenvalue weighted by molar-refractivity contribution is 5.64. The highest BCUT2D eigenvalue weighted by atomic mass is 19.3. The zero-order valence-electron chi connectivity index (χ0n) is 15.8. The Hall–Kier alpha value is -1.70. The molecule has 26 heavy (non-hydrogen) atoms. The monoisotopic (exact) mass is 356 g/mol. The molecule has 1 fully saturated rings. The van der Waals surface area contributed by atoms with Crippen LogP contribution in [0.1, 0.15) is 68.9 Å². The van der Waals surface area contributed by atoms with Gasteiger partial charge in [0, 0.05) is 5.92 Å². The van der Waals surface area contributed by atoms with Crippen molar-refractivity contribution >= 4 is 0 Å². The van der Waals surface area contributed by atoms with E-state index in [1.54, 1.807) is 0 Å². The van der Waals surface area contributed by atoms with Crippen LogP contribution in [-0.2, 0) is 6.42 Å². The van der Waals surface area contributed by atoms with E-state index in [0.717, 1.165) is 19.3 Å². The van der Waals surface area contributed by atoms with Gasteiger partial charge in [-0.2, -0.15) is 0 Å². The van der Waals surface area contributed by atoms with Gasteiger partial charge in [-0.05, 0) is 66.7 Å². The summed E-state index contributed by atoms with van der Waals surface area (Å²) in [7, 11) is 0. The third kappa shape index (κ3) is 4.93. The maximum absolute atomic E-state index is 12.8. The fourth-order valence-corrected chi connectivity index (χ4v) is 4.10. The van der Waals surface area contributed by atoms with Crippen LogP contribution in [0, 0.1) is 5.92 Å². The van der Waals surface area contributed by atoms with Gasteiger partial charge < -0.3 is 0 Å². The summed E-state index contributed by atoms with van der Waals surface area (Å²) in [5.74, 6) is 0.0568. The molecule has 0 atom stereocenters. The number of unbranched alkanes of at least 4 members (excludes halogenated alkanes) is 2. The minimum absolute atomic E-state index is 0.388. The molecule has 0 radical (unpaired) electrons. The standard InChI is InChI=1S/C24H30F2/c1-2-3-4-5-18-6-8-19(9-7-18)20-10-12-21(13-11-20)22-14-16-23(17-15-22)24(25)26/h6-13,22-24H,2-5,14-17H2,1H3. The van der Waals surface area contributed by atoms with E-state index in [9.17, 15) is 8.78 Å². The maximum atomic E-state index is 12.8. The summed E-state index contributed by atoms with van der Waals surface area (Å²) in [6.07, 6.45) is 5.92. The lowest BCUT2D eigenvalue weighted by atomic mass is 9.78. The molecule has 0 heterocycles. The Labute approximate surface area is 156 Å². The fourth-order valence-electron chi connectivity index (χ4n) is 4.10. The smallest absolute Gasteiger partial charge is 0.210 e. The first-order chi connectivity index (χ1) is 12.7. The molecule has 3 rings (SSSR count). The molecule has 0 unspecified atom stereocenters. The fraction of sp³-hybridized carbons (Fsp3) is 0.500. The molecule has 0 amide bonds. The first-order valence-corrected chi connectivity index (χ1v) is 10.1. The predicted octanol–water partition coefficient (Wildman–Crippen LogP) is 7.63. The van der Waals surface area contributed by atoms with E-state index in [1.807, 2.05) is 0 Å². The van der Waals surface area contributed by atoms with Crippen LogP contribution in [0.4, 0.5) is 8.78 Å². The van der Waals surface area contributed by atoms with Gasteiger partial charge in [0.1, 0.15) is 0 Å². The van der Waals surface area contributed by atoms with Gasteiger partial charge in [-0.25, -0.2) is 8.78 Å². The normalized spacial score (nSPS) is 20.5. The summed E-state index contributed by atoms with van der Waals surface area (Å²) in [5, 5.41) is 0. The van der Waals surface area contributed by atoms with Crippen molar-refractivity contribution in [3.05, 3.63) is 59.7 Å². The third-order valence-corrected chi connectivity index (χ3v) is 5.87. The van der Waals surface area contributed by atoms with Crippen molar-refractivity contribution in [2.45, 2.75) is 70.6 Å². The summed E-state index contributed by atoms with van der Waals surface area (Å²) < 4.78 is 25.6. The molecule has 1 aliphatic rings. The van der Waals surface area contributed by atoms with Gasteiger partial charge in [0.15, 0.2) is 0 Å². The van der Waals surface area contributed by atoms with E-state index >= 15 is 0 Å². The first kappa shape index (κ1) is 19.1. The lowest BCUT2D eigenvalue weighted by Crippen LogP contribution is -2.19. The van der Waals surface area contributed by atoms with Gasteiger partial charge in [0.05, 0.1) is 0 Å².